The second kappa shape index (κ2) is 8.99. The number of carbonyl (C=O) groups is 1. The van der Waals surface area contributed by atoms with Gasteiger partial charge in [-0.2, -0.15) is 5.10 Å². The topological polar surface area (TPSA) is 56.1 Å². The molecule has 4 aromatic rings. The number of hydrogen-bond acceptors (Lipinski definition) is 3. The Balaban J connectivity index is 1.54. The molecule has 5 heteroatoms. The normalized spacial score (nSPS) is 10.6. The van der Waals surface area contributed by atoms with Crippen molar-refractivity contribution < 1.29 is 9.63 Å². The van der Waals surface area contributed by atoms with Gasteiger partial charge in [-0.1, -0.05) is 91.0 Å². The third-order valence-electron chi connectivity index (χ3n) is 4.49. The van der Waals surface area contributed by atoms with Crippen molar-refractivity contribution in [3.8, 4) is 11.3 Å². The summed E-state index contributed by atoms with van der Waals surface area (Å²) in [5.41, 5.74) is 6.62. The molecule has 0 aliphatic heterocycles. The maximum Gasteiger partial charge on any atom is 0.278 e. The van der Waals surface area contributed by atoms with Crippen LogP contribution in [0.25, 0.3) is 11.3 Å². The lowest BCUT2D eigenvalue weighted by Gasteiger charge is -2.06. The van der Waals surface area contributed by atoms with Crippen molar-refractivity contribution in [2.24, 2.45) is 0 Å². The number of nitrogens with one attached hydrogen (secondary N) is 1. The summed E-state index contributed by atoms with van der Waals surface area (Å²) >= 11 is 0. The summed E-state index contributed by atoms with van der Waals surface area (Å²) in [4.78, 5) is 18.2. The Bertz CT molecular complexity index is 1060. The predicted octanol–water partition coefficient (Wildman–Crippen LogP) is 4.46. The molecule has 0 fully saturated rings. The Morgan fingerprint density at radius 1 is 0.828 bits per heavy atom. The van der Waals surface area contributed by atoms with E-state index in [-0.39, 0.29) is 5.91 Å². The third kappa shape index (κ3) is 4.78. The zero-order valence-corrected chi connectivity index (χ0v) is 15.9. The summed E-state index contributed by atoms with van der Waals surface area (Å²) in [5.74, 6) is -0.320. The molecule has 4 rings (SSSR count). The van der Waals surface area contributed by atoms with Crippen LogP contribution in [0.15, 0.2) is 97.2 Å². The van der Waals surface area contributed by atoms with Gasteiger partial charge >= 0.3 is 0 Å². The van der Waals surface area contributed by atoms with Crippen LogP contribution in [0.5, 0.6) is 0 Å². The van der Waals surface area contributed by atoms with Crippen LogP contribution in [-0.4, -0.2) is 15.7 Å². The van der Waals surface area contributed by atoms with E-state index in [1.807, 2.05) is 91.0 Å². The lowest BCUT2D eigenvalue weighted by Crippen LogP contribution is -2.23. The molecule has 0 aliphatic carbocycles. The smallest absolute Gasteiger partial charge is 0.269 e. The van der Waals surface area contributed by atoms with Crippen LogP contribution < -0.4 is 5.48 Å². The molecular weight excluding hydrogens is 362 g/mol. The van der Waals surface area contributed by atoms with Gasteiger partial charge in [0.25, 0.3) is 5.91 Å². The average Bonchev–Trinajstić information content (AvgIpc) is 3.20. The monoisotopic (exact) mass is 383 g/mol. The van der Waals surface area contributed by atoms with Crippen LogP contribution >= 0.6 is 0 Å². The first-order valence-corrected chi connectivity index (χ1v) is 9.42. The largest absolute Gasteiger partial charge is 0.278 e. The average molecular weight is 383 g/mol. The summed E-state index contributed by atoms with van der Waals surface area (Å²) in [6, 6.07) is 29.4. The molecule has 1 amide bonds. The standard InChI is InChI=1S/C24H21N3O2/c28-24(26-29-18-20-12-6-2-7-13-20)22-17-27(16-19-10-4-1-5-11-19)25-23(22)21-14-8-3-9-15-21/h1-15,17H,16,18H2,(H,26,28). The van der Waals surface area contributed by atoms with Gasteiger partial charge in [0, 0.05) is 11.8 Å². The number of aromatic nitrogens is 2. The minimum atomic E-state index is -0.320. The number of nitrogens with zero attached hydrogens (tertiary/aromatic N) is 2. The van der Waals surface area contributed by atoms with Crippen LogP contribution in [-0.2, 0) is 18.0 Å². The van der Waals surface area contributed by atoms with E-state index in [4.69, 9.17) is 4.84 Å². The van der Waals surface area contributed by atoms with E-state index in [1.54, 1.807) is 10.9 Å². The van der Waals surface area contributed by atoms with Crippen molar-refractivity contribution >= 4 is 5.91 Å². The zero-order chi connectivity index (χ0) is 19.9. The molecule has 0 radical (unpaired) electrons. The van der Waals surface area contributed by atoms with Gasteiger partial charge in [-0.15, -0.1) is 0 Å². The summed E-state index contributed by atoms with van der Waals surface area (Å²) in [6.45, 7) is 0.879. The van der Waals surface area contributed by atoms with Crippen LogP contribution in [0, 0.1) is 0 Å². The lowest BCUT2D eigenvalue weighted by molar-refractivity contribution is 0.0234. The minimum Gasteiger partial charge on any atom is -0.269 e. The van der Waals surface area contributed by atoms with Crippen molar-refractivity contribution in [3.05, 3.63) is 114 Å². The Morgan fingerprint density at radius 2 is 1.41 bits per heavy atom. The first kappa shape index (κ1) is 18.7. The molecule has 1 N–H and O–H groups in total. The van der Waals surface area contributed by atoms with E-state index in [0.29, 0.717) is 24.4 Å². The van der Waals surface area contributed by atoms with Gasteiger partial charge in [-0.3, -0.25) is 14.3 Å². The van der Waals surface area contributed by atoms with Crippen molar-refractivity contribution in [1.29, 1.82) is 0 Å². The van der Waals surface area contributed by atoms with E-state index in [9.17, 15) is 4.79 Å². The highest BCUT2D eigenvalue weighted by Gasteiger charge is 2.18. The molecule has 0 atom stereocenters. The van der Waals surface area contributed by atoms with Gasteiger partial charge in [0.1, 0.15) is 5.69 Å². The number of hydroxylamine groups is 1. The number of amides is 1. The lowest BCUT2D eigenvalue weighted by atomic mass is 10.1. The molecule has 0 unspecified atom stereocenters. The predicted molar refractivity (Wildman–Crippen MR) is 112 cm³/mol. The molecule has 1 aromatic heterocycles. The highest BCUT2D eigenvalue weighted by molar-refractivity contribution is 5.99. The quantitative estimate of drug-likeness (QED) is 0.480. The second-order valence-electron chi connectivity index (χ2n) is 6.65. The fourth-order valence-electron chi connectivity index (χ4n) is 3.06. The van der Waals surface area contributed by atoms with Crippen LogP contribution in [0.2, 0.25) is 0 Å². The number of carbonyl (C=O) groups excluding carboxylic acids is 1. The minimum absolute atomic E-state index is 0.297. The van der Waals surface area contributed by atoms with Gasteiger partial charge in [0.2, 0.25) is 0 Å². The Hall–Kier alpha value is -3.70. The Kier molecular flexibility index (Phi) is 5.78. The van der Waals surface area contributed by atoms with Gasteiger partial charge in [0.15, 0.2) is 0 Å². The van der Waals surface area contributed by atoms with Gasteiger partial charge in [-0.25, -0.2) is 5.48 Å². The van der Waals surface area contributed by atoms with E-state index in [1.165, 1.54) is 0 Å². The third-order valence-corrected chi connectivity index (χ3v) is 4.49. The molecule has 0 saturated carbocycles. The SMILES string of the molecule is O=C(NOCc1ccccc1)c1cn(Cc2ccccc2)nc1-c1ccccc1. The van der Waals surface area contributed by atoms with Crippen LogP contribution in [0.1, 0.15) is 21.5 Å². The van der Waals surface area contributed by atoms with Crippen LogP contribution in [0.4, 0.5) is 0 Å². The molecule has 0 spiro atoms. The van der Waals surface area contributed by atoms with Crippen molar-refractivity contribution in [2.45, 2.75) is 13.2 Å². The maximum atomic E-state index is 12.8. The fraction of sp³-hybridized carbons (Fsp3) is 0.0833. The van der Waals surface area contributed by atoms with E-state index < -0.39 is 0 Å². The molecule has 0 aliphatic rings. The Labute approximate surface area is 169 Å². The Morgan fingerprint density at radius 3 is 2.07 bits per heavy atom. The number of rotatable bonds is 7. The van der Waals surface area contributed by atoms with Crippen LogP contribution in [0.3, 0.4) is 0 Å². The number of benzene rings is 3. The second-order valence-corrected chi connectivity index (χ2v) is 6.65. The highest BCUT2D eigenvalue weighted by atomic mass is 16.6. The first-order valence-electron chi connectivity index (χ1n) is 9.42. The molecular formula is C24H21N3O2. The van der Waals surface area contributed by atoms with Gasteiger partial charge < -0.3 is 0 Å². The molecule has 144 valence electrons. The first-order chi connectivity index (χ1) is 14.3. The van der Waals surface area contributed by atoms with Crippen molar-refractivity contribution in [2.75, 3.05) is 0 Å². The number of hydrogen-bond donors (Lipinski definition) is 1. The van der Waals surface area contributed by atoms with E-state index in [2.05, 4.69) is 10.6 Å². The van der Waals surface area contributed by atoms with Gasteiger partial charge in [0.05, 0.1) is 18.7 Å². The molecule has 3 aromatic carbocycles. The summed E-state index contributed by atoms with van der Waals surface area (Å²) in [6.07, 6.45) is 1.76. The van der Waals surface area contributed by atoms with Gasteiger partial charge in [-0.05, 0) is 11.1 Å². The van der Waals surface area contributed by atoms with E-state index >= 15 is 0 Å². The summed E-state index contributed by atoms with van der Waals surface area (Å²) in [5, 5.41) is 4.66. The zero-order valence-electron chi connectivity index (χ0n) is 15.9. The molecule has 0 saturated heterocycles. The van der Waals surface area contributed by atoms with E-state index in [0.717, 1.165) is 16.7 Å². The van der Waals surface area contributed by atoms with Crippen molar-refractivity contribution in [3.63, 3.8) is 0 Å². The summed E-state index contributed by atoms with van der Waals surface area (Å²) < 4.78 is 1.78. The molecule has 5 nitrogen and oxygen atoms in total. The fourth-order valence-corrected chi connectivity index (χ4v) is 3.06. The molecule has 0 bridgehead atoms. The summed E-state index contributed by atoms with van der Waals surface area (Å²) in [7, 11) is 0. The molecule has 1 heterocycles. The molecule has 29 heavy (non-hydrogen) atoms. The maximum absolute atomic E-state index is 12.8. The van der Waals surface area contributed by atoms with Crippen molar-refractivity contribution in [1.82, 2.24) is 15.3 Å². The highest BCUT2D eigenvalue weighted by Crippen LogP contribution is 2.22.